The van der Waals surface area contributed by atoms with Gasteiger partial charge in [-0.1, -0.05) is 0 Å². The number of ether oxygens (including phenoxy) is 2. The van der Waals surface area contributed by atoms with Crippen molar-refractivity contribution in [2.24, 2.45) is 0 Å². The minimum Gasteiger partial charge on any atom is -0.480 e. The lowest BCUT2D eigenvalue weighted by Gasteiger charge is -2.17. The lowest BCUT2D eigenvalue weighted by Crippen LogP contribution is -2.32. The molecule has 1 aromatic carbocycles. The van der Waals surface area contributed by atoms with Crippen LogP contribution in [0.25, 0.3) is 0 Å². The fourth-order valence-corrected chi connectivity index (χ4v) is 4.21. The third kappa shape index (κ3) is 4.25. The van der Waals surface area contributed by atoms with Crippen molar-refractivity contribution < 1.29 is 26.7 Å². The van der Waals surface area contributed by atoms with Crippen molar-refractivity contribution in [2.45, 2.75) is 18.3 Å². The quantitative estimate of drug-likeness (QED) is 0.754. The minimum absolute atomic E-state index is 0.104. The van der Waals surface area contributed by atoms with Crippen molar-refractivity contribution in [1.29, 1.82) is 0 Å². The summed E-state index contributed by atoms with van der Waals surface area (Å²) in [4.78, 5) is 0. The average molecular weight is 385 g/mol. The molecule has 0 amide bonds. The Labute approximate surface area is 149 Å². The van der Waals surface area contributed by atoms with Gasteiger partial charge in [0.05, 0.1) is 19.4 Å². The third-order valence-corrected chi connectivity index (χ3v) is 5.75. The second kappa shape index (κ2) is 7.50. The summed E-state index contributed by atoms with van der Waals surface area (Å²) < 4.78 is 63.7. The zero-order chi connectivity index (χ0) is 18.7. The predicted molar refractivity (Wildman–Crippen MR) is 88.2 cm³/mol. The molecule has 26 heavy (non-hydrogen) atoms. The molecule has 1 aliphatic heterocycles. The number of methoxy groups -OCH3 is 1. The fourth-order valence-electron chi connectivity index (χ4n) is 2.64. The Hall–Kier alpha value is -2.33. The second-order valence-electron chi connectivity index (χ2n) is 5.79. The number of hydrogen-bond acceptors (Lipinski definition) is 6. The number of sulfonamides is 1. The summed E-state index contributed by atoms with van der Waals surface area (Å²) in [7, 11) is -2.33. The maximum Gasteiger partial charge on any atom is 0.233 e. The normalized spacial score (nSPS) is 18.0. The highest BCUT2D eigenvalue weighted by Crippen LogP contribution is 2.22. The maximum absolute atomic E-state index is 13.7. The van der Waals surface area contributed by atoms with E-state index >= 15 is 0 Å². The summed E-state index contributed by atoms with van der Waals surface area (Å²) in [6, 6.07) is 5.91. The highest BCUT2D eigenvalue weighted by Gasteiger charge is 2.33. The molecule has 7 nitrogen and oxygen atoms in total. The summed E-state index contributed by atoms with van der Waals surface area (Å²) in [5, 5.41) is 7.61. The van der Waals surface area contributed by atoms with Crippen LogP contribution in [0.1, 0.15) is 12.0 Å². The van der Waals surface area contributed by atoms with Crippen molar-refractivity contribution in [1.82, 2.24) is 14.5 Å². The van der Waals surface area contributed by atoms with Gasteiger partial charge in [0.25, 0.3) is 0 Å². The SMILES string of the molecule is COc1ccc(OC2CCN(S(=O)(=O)Cc3cc(F)ccc3F)C2)nn1. The molecule has 0 N–H and O–H groups in total. The molecule has 0 saturated carbocycles. The van der Waals surface area contributed by atoms with Gasteiger partial charge < -0.3 is 9.47 Å². The number of nitrogens with zero attached hydrogens (tertiary/aromatic N) is 3. The molecule has 2 heterocycles. The van der Waals surface area contributed by atoms with E-state index < -0.39 is 33.5 Å². The number of rotatable bonds is 6. The Balaban J connectivity index is 1.64. The number of halogens is 2. The van der Waals surface area contributed by atoms with Gasteiger partial charge in [0, 0.05) is 24.2 Å². The Kier molecular flexibility index (Phi) is 5.33. The lowest BCUT2D eigenvalue weighted by molar-refractivity contribution is 0.203. The third-order valence-electron chi connectivity index (χ3n) is 3.96. The first-order valence-corrected chi connectivity index (χ1v) is 9.44. The zero-order valence-corrected chi connectivity index (χ0v) is 14.7. The van der Waals surface area contributed by atoms with Crippen LogP contribution in [-0.4, -0.2) is 49.2 Å². The molecule has 1 aromatic heterocycles. The van der Waals surface area contributed by atoms with Gasteiger partial charge in [-0.3, -0.25) is 0 Å². The highest BCUT2D eigenvalue weighted by atomic mass is 32.2. The van der Waals surface area contributed by atoms with Gasteiger partial charge in [0.15, 0.2) is 0 Å². The molecule has 2 aromatic rings. The molecule has 1 unspecified atom stereocenters. The van der Waals surface area contributed by atoms with Crippen molar-refractivity contribution >= 4 is 10.0 Å². The summed E-state index contributed by atoms with van der Waals surface area (Å²) in [6.45, 7) is 0.334. The number of aromatic nitrogens is 2. The van der Waals surface area contributed by atoms with Gasteiger partial charge in [-0.05, 0) is 24.6 Å². The van der Waals surface area contributed by atoms with Crippen LogP contribution in [0.5, 0.6) is 11.8 Å². The Morgan fingerprint density at radius 1 is 1.19 bits per heavy atom. The van der Waals surface area contributed by atoms with Crippen LogP contribution in [0.3, 0.4) is 0 Å². The molecule has 3 rings (SSSR count). The van der Waals surface area contributed by atoms with Crippen LogP contribution in [-0.2, 0) is 15.8 Å². The topological polar surface area (TPSA) is 81.6 Å². The largest absolute Gasteiger partial charge is 0.480 e. The summed E-state index contributed by atoms with van der Waals surface area (Å²) in [5.74, 6) is -1.45. The molecule has 0 aliphatic carbocycles. The molecule has 1 saturated heterocycles. The molecule has 10 heteroatoms. The predicted octanol–water partition coefficient (Wildman–Crippen LogP) is 1.75. The Morgan fingerprint density at radius 3 is 2.62 bits per heavy atom. The minimum atomic E-state index is -3.80. The molecular formula is C16H17F2N3O4S. The van der Waals surface area contributed by atoms with E-state index in [9.17, 15) is 17.2 Å². The van der Waals surface area contributed by atoms with Crippen molar-refractivity contribution in [2.75, 3.05) is 20.2 Å². The molecule has 0 bridgehead atoms. The number of hydrogen-bond donors (Lipinski definition) is 0. The first kappa shape index (κ1) is 18.5. The van der Waals surface area contributed by atoms with Gasteiger partial charge in [0.2, 0.25) is 21.8 Å². The Bertz CT molecular complexity index is 878. The molecule has 140 valence electrons. The van der Waals surface area contributed by atoms with Gasteiger partial charge in [0.1, 0.15) is 17.7 Å². The van der Waals surface area contributed by atoms with Crippen molar-refractivity contribution in [3.63, 3.8) is 0 Å². The molecule has 1 aliphatic rings. The first-order chi connectivity index (χ1) is 12.4. The summed E-state index contributed by atoms with van der Waals surface area (Å²) in [5.41, 5.74) is -0.199. The summed E-state index contributed by atoms with van der Waals surface area (Å²) in [6.07, 6.45) is 0.0586. The molecular weight excluding hydrogens is 368 g/mol. The van der Waals surface area contributed by atoms with Crippen LogP contribution in [0, 0.1) is 11.6 Å². The molecule has 1 atom stereocenters. The van der Waals surface area contributed by atoms with Crippen LogP contribution in [0.4, 0.5) is 8.78 Å². The van der Waals surface area contributed by atoms with Crippen LogP contribution < -0.4 is 9.47 Å². The van der Waals surface area contributed by atoms with Crippen molar-refractivity contribution in [3.8, 4) is 11.8 Å². The Morgan fingerprint density at radius 2 is 1.92 bits per heavy atom. The van der Waals surface area contributed by atoms with Crippen LogP contribution in [0.15, 0.2) is 30.3 Å². The van der Waals surface area contributed by atoms with E-state index in [1.807, 2.05) is 0 Å². The van der Waals surface area contributed by atoms with Crippen molar-refractivity contribution in [3.05, 3.63) is 47.5 Å². The smallest absolute Gasteiger partial charge is 0.233 e. The zero-order valence-electron chi connectivity index (χ0n) is 13.9. The molecule has 0 spiro atoms. The lowest BCUT2D eigenvalue weighted by atomic mass is 10.2. The van der Waals surface area contributed by atoms with E-state index in [2.05, 4.69) is 10.2 Å². The second-order valence-corrected chi connectivity index (χ2v) is 7.76. The van der Waals surface area contributed by atoms with E-state index in [0.29, 0.717) is 12.3 Å². The fraction of sp³-hybridized carbons (Fsp3) is 0.375. The molecule has 1 fully saturated rings. The van der Waals surface area contributed by atoms with Crippen LogP contribution >= 0.6 is 0 Å². The highest BCUT2D eigenvalue weighted by molar-refractivity contribution is 7.88. The number of benzene rings is 1. The first-order valence-electron chi connectivity index (χ1n) is 7.83. The van der Waals surface area contributed by atoms with Gasteiger partial charge in [-0.15, -0.1) is 10.2 Å². The van der Waals surface area contributed by atoms with E-state index in [1.54, 1.807) is 12.1 Å². The van der Waals surface area contributed by atoms with E-state index in [1.165, 1.54) is 11.4 Å². The van der Waals surface area contributed by atoms with Crippen LogP contribution in [0.2, 0.25) is 0 Å². The maximum atomic E-state index is 13.7. The standard InChI is InChI=1S/C16H17F2N3O4S/c1-24-15-4-5-16(20-19-15)25-13-6-7-21(9-13)26(22,23)10-11-8-12(17)2-3-14(11)18/h2-5,8,13H,6-7,9-10H2,1H3. The van der Waals surface area contributed by atoms with Gasteiger partial charge in [-0.2, -0.15) is 4.31 Å². The molecule has 0 radical (unpaired) electrons. The van der Waals surface area contributed by atoms with E-state index in [0.717, 1.165) is 18.2 Å². The van der Waals surface area contributed by atoms with E-state index in [-0.39, 0.29) is 24.5 Å². The van der Waals surface area contributed by atoms with Gasteiger partial charge in [-0.25, -0.2) is 17.2 Å². The van der Waals surface area contributed by atoms with E-state index in [4.69, 9.17) is 9.47 Å². The summed E-state index contributed by atoms with van der Waals surface area (Å²) >= 11 is 0. The monoisotopic (exact) mass is 385 g/mol. The average Bonchev–Trinajstić information content (AvgIpc) is 3.08. The van der Waals surface area contributed by atoms with Gasteiger partial charge >= 0.3 is 0 Å².